The second kappa shape index (κ2) is 5.95. The summed E-state index contributed by atoms with van der Waals surface area (Å²) in [7, 11) is 0. The monoisotopic (exact) mass is 364 g/mol. The third-order valence-electron chi connectivity index (χ3n) is 5.02. The number of hydrogen-bond donors (Lipinski definition) is 0. The van der Waals surface area contributed by atoms with Crippen LogP contribution < -0.4 is 9.80 Å². The molecule has 0 unspecified atom stereocenters. The Hall–Kier alpha value is -2.67. The largest absolute Gasteiger partial charge is 0.357 e. The lowest BCUT2D eigenvalue weighted by atomic mass is 10.3. The molecule has 1 saturated heterocycles. The first-order chi connectivity index (χ1) is 12.7. The lowest BCUT2D eigenvalue weighted by molar-refractivity contribution is 0.854. The van der Waals surface area contributed by atoms with E-state index in [0.717, 1.165) is 52.5 Å². The molecule has 0 atom stereocenters. The molecule has 0 N–H and O–H groups in total. The number of fused-ring (bicyclic) bond motifs is 1. The van der Waals surface area contributed by atoms with Crippen molar-refractivity contribution in [3.8, 4) is 5.69 Å². The standard InChI is InChI=1S/C19H20N6S/c1-13-19-15(11-24(13)18-10-20-14(2)26-18)12-25(22-19)16-5-6-17(21-9-16)23-7-3-4-8-23/h5-6,9-10,12H,1,3-4,7-8,11H2,2H3. The minimum Gasteiger partial charge on any atom is -0.357 e. The van der Waals surface area contributed by atoms with Gasteiger partial charge < -0.3 is 9.80 Å². The Kier molecular flexibility index (Phi) is 3.56. The fraction of sp³-hybridized carbons (Fsp3) is 0.316. The third kappa shape index (κ3) is 2.50. The number of aromatic nitrogens is 4. The third-order valence-corrected chi connectivity index (χ3v) is 5.96. The lowest BCUT2D eigenvalue weighted by Crippen LogP contribution is -2.18. The Bertz CT molecular complexity index is 964. The zero-order chi connectivity index (χ0) is 17.7. The first kappa shape index (κ1) is 15.6. The van der Waals surface area contributed by atoms with Crippen LogP contribution in [0, 0.1) is 6.92 Å². The van der Waals surface area contributed by atoms with Crippen molar-refractivity contribution in [1.29, 1.82) is 0 Å². The Labute approximate surface area is 156 Å². The fourth-order valence-corrected chi connectivity index (χ4v) is 4.43. The van der Waals surface area contributed by atoms with Crippen molar-refractivity contribution in [2.24, 2.45) is 0 Å². The van der Waals surface area contributed by atoms with E-state index in [0.29, 0.717) is 0 Å². The molecular formula is C19H20N6S. The van der Waals surface area contributed by atoms with Gasteiger partial charge in [0.15, 0.2) is 0 Å². The van der Waals surface area contributed by atoms with Crippen LogP contribution in [0.3, 0.4) is 0 Å². The minimum absolute atomic E-state index is 0.787. The molecule has 5 rings (SSSR count). The predicted molar refractivity (Wildman–Crippen MR) is 105 cm³/mol. The topological polar surface area (TPSA) is 50.1 Å². The summed E-state index contributed by atoms with van der Waals surface area (Å²) in [5.74, 6) is 1.06. The quantitative estimate of drug-likeness (QED) is 0.710. The van der Waals surface area contributed by atoms with E-state index < -0.39 is 0 Å². The van der Waals surface area contributed by atoms with Gasteiger partial charge in [-0.05, 0) is 31.9 Å². The fourth-order valence-electron chi connectivity index (χ4n) is 3.63. The van der Waals surface area contributed by atoms with Crippen molar-refractivity contribution < 1.29 is 0 Å². The highest BCUT2D eigenvalue weighted by molar-refractivity contribution is 7.15. The summed E-state index contributed by atoms with van der Waals surface area (Å²) in [6, 6.07) is 4.19. The summed E-state index contributed by atoms with van der Waals surface area (Å²) in [6.45, 7) is 9.26. The van der Waals surface area contributed by atoms with Gasteiger partial charge in [-0.15, -0.1) is 11.3 Å². The van der Waals surface area contributed by atoms with E-state index >= 15 is 0 Å². The van der Waals surface area contributed by atoms with Crippen LogP contribution in [0.5, 0.6) is 0 Å². The van der Waals surface area contributed by atoms with Gasteiger partial charge in [0.2, 0.25) is 0 Å². The molecular weight excluding hydrogens is 344 g/mol. The molecule has 0 bridgehead atoms. The van der Waals surface area contributed by atoms with Crippen molar-refractivity contribution in [2.75, 3.05) is 22.9 Å². The second-order valence-electron chi connectivity index (χ2n) is 6.77. The molecule has 0 radical (unpaired) electrons. The van der Waals surface area contributed by atoms with E-state index in [9.17, 15) is 0 Å². The van der Waals surface area contributed by atoms with Crippen LogP contribution in [0.15, 0.2) is 37.3 Å². The van der Waals surface area contributed by atoms with Gasteiger partial charge in [-0.3, -0.25) is 0 Å². The summed E-state index contributed by atoms with van der Waals surface area (Å²) in [4.78, 5) is 13.5. The Balaban J connectivity index is 1.39. The van der Waals surface area contributed by atoms with Crippen molar-refractivity contribution in [3.63, 3.8) is 0 Å². The number of thiazole rings is 1. The Morgan fingerprint density at radius 3 is 2.62 bits per heavy atom. The highest BCUT2D eigenvalue weighted by Gasteiger charge is 2.28. The molecule has 3 aromatic heterocycles. The summed E-state index contributed by atoms with van der Waals surface area (Å²) in [6.07, 6.45) is 8.41. The molecule has 7 heteroatoms. The molecule has 0 spiro atoms. The number of aryl methyl sites for hydroxylation is 1. The van der Waals surface area contributed by atoms with Gasteiger partial charge in [-0.25, -0.2) is 14.6 Å². The molecule has 1 fully saturated rings. The predicted octanol–water partition coefficient (Wildman–Crippen LogP) is 3.62. The number of hydrogen-bond acceptors (Lipinski definition) is 6. The number of pyridine rings is 1. The first-order valence-electron chi connectivity index (χ1n) is 8.88. The molecule has 26 heavy (non-hydrogen) atoms. The van der Waals surface area contributed by atoms with Crippen LogP contribution in [-0.4, -0.2) is 32.8 Å². The minimum atomic E-state index is 0.787. The van der Waals surface area contributed by atoms with Gasteiger partial charge in [0.25, 0.3) is 0 Å². The smallest absolute Gasteiger partial charge is 0.128 e. The Morgan fingerprint density at radius 2 is 1.96 bits per heavy atom. The average molecular weight is 364 g/mol. The molecule has 6 nitrogen and oxygen atoms in total. The SMILES string of the molecule is C=C1c2nn(-c3ccc(N4CCCC4)nc3)cc2CN1c1cnc(C)s1. The highest BCUT2D eigenvalue weighted by Crippen LogP contribution is 2.37. The Morgan fingerprint density at radius 1 is 1.12 bits per heavy atom. The number of rotatable bonds is 3. The zero-order valence-corrected chi connectivity index (χ0v) is 15.5. The van der Waals surface area contributed by atoms with Gasteiger partial charge in [0, 0.05) is 24.8 Å². The summed E-state index contributed by atoms with van der Waals surface area (Å²) < 4.78 is 1.91. The van der Waals surface area contributed by atoms with Gasteiger partial charge in [-0.1, -0.05) is 6.58 Å². The molecule has 2 aliphatic rings. The van der Waals surface area contributed by atoms with E-state index in [4.69, 9.17) is 5.10 Å². The van der Waals surface area contributed by atoms with Gasteiger partial charge in [0.1, 0.15) is 16.5 Å². The maximum atomic E-state index is 4.76. The molecule has 0 amide bonds. The van der Waals surface area contributed by atoms with Crippen LogP contribution in [-0.2, 0) is 6.54 Å². The molecule has 0 aromatic carbocycles. The van der Waals surface area contributed by atoms with Gasteiger partial charge in [0.05, 0.1) is 35.3 Å². The lowest BCUT2D eigenvalue weighted by Gasteiger charge is -2.17. The summed E-state index contributed by atoms with van der Waals surface area (Å²) >= 11 is 1.68. The van der Waals surface area contributed by atoms with Crippen molar-refractivity contribution in [1.82, 2.24) is 19.7 Å². The average Bonchev–Trinajstić information content (AvgIpc) is 3.41. The first-order valence-corrected chi connectivity index (χ1v) is 9.70. The van der Waals surface area contributed by atoms with Crippen molar-refractivity contribution >= 4 is 27.9 Å². The molecule has 3 aromatic rings. The van der Waals surface area contributed by atoms with Gasteiger partial charge >= 0.3 is 0 Å². The zero-order valence-electron chi connectivity index (χ0n) is 14.7. The van der Waals surface area contributed by atoms with E-state index in [1.807, 2.05) is 24.0 Å². The van der Waals surface area contributed by atoms with Crippen LogP contribution in [0.4, 0.5) is 10.8 Å². The van der Waals surface area contributed by atoms with Gasteiger partial charge in [-0.2, -0.15) is 5.10 Å². The summed E-state index contributed by atoms with van der Waals surface area (Å²) in [5, 5.41) is 6.94. The van der Waals surface area contributed by atoms with E-state index in [2.05, 4.69) is 44.7 Å². The van der Waals surface area contributed by atoms with Crippen LogP contribution in [0.2, 0.25) is 0 Å². The van der Waals surface area contributed by atoms with Crippen molar-refractivity contribution in [3.05, 3.63) is 53.6 Å². The molecule has 132 valence electrons. The van der Waals surface area contributed by atoms with Crippen LogP contribution >= 0.6 is 11.3 Å². The van der Waals surface area contributed by atoms with Crippen molar-refractivity contribution in [2.45, 2.75) is 26.3 Å². The number of anilines is 2. The van der Waals surface area contributed by atoms with Crippen LogP contribution in [0.25, 0.3) is 11.4 Å². The van der Waals surface area contributed by atoms with Crippen LogP contribution in [0.1, 0.15) is 29.1 Å². The number of nitrogens with zero attached hydrogens (tertiary/aromatic N) is 6. The molecule has 0 saturated carbocycles. The molecule has 5 heterocycles. The summed E-state index contributed by atoms with van der Waals surface area (Å²) in [5.41, 5.74) is 4.06. The highest BCUT2D eigenvalue weighted by atomic mass is 32.1. The molecule has 0 aliphatic carbocycles. The molecule has 2 aliphatic heterocycles. The second-order valence-corrected chi connectivity index (χ2v) is 7.98. The van der Waals surface area contributed by atoms with E-state index in [1.54, 1.807) is 11.3 Å². The maximum Gasteiger partial charge on any atom is 0.128 e. The van der Waals surface area contributed by atoms with E-state index in [1.165, 1.54) is 18.4 Å². The van der Waals surface area contributed by atoms with E-state index in [-0.39, 0.29) is 0 Å². The normalized spacial score (nSPS) is 16.6. The maximum absolute atomic E-state index is 4.76.